The summed E-state index contributed by atoms with van der Waals surface area (Å²) in [7, 11) is 1.79. The van der Waals surface area contributed by atoms with E-state index >= 15 is 0 Å². The third kappa shape index (κ3) is 1.28. The minimum atomic E-state index is -0.516. The van der Waals surface area contributed by atoms with Gasteiger partial charge in [0.2, 0.25) is 0 Å². The number of likely N-dealkylation sites (tertiary alicyclic amines) is 1. The molecule has 22 heavy (non-hydrogen) atoms. The highest BCUT2D eigenvalue weighted by molar-refractivity contribution is 5.60. The van der Waals surface area contributed by atoms with Crippen LogP contribution in [0, 0.1) is 11.1 Å². The van der Waals surface area contributed by atoms with Crippen LogP contribution < -0.4 is 4.74 Å². The fourth-order valence-electron chi connectivity index (χ4n) is 5.87. The summed E-state index contributed by atoms with van der Waals surface area (Å²) in [6, 6.07) is 3.65. The zero-order chi connectivity index (χ0) is 15.3. The molecule has 2 bridgehead atoms. The molecule has 0 amide bonds. The van der Waals surface area contributed by atoms with E-state index < -0.39 is 6.10 Å². The molecular weight excluding hydrogens is 282 g/mol. The van der Waals surface area contributed by atoms with Crippen LogP contribution in [0.1, 0.15) is 30.4 Å². The number of hydrogen-bond donors (Lipinski definition) is 2. The van der Waals surface area contributed by atoms with Gasteiger partial charge in [-0.1, -0.05) is 6.07 Å². The number of quaternary nitrogens is 1. The number of hydroxylamine groups is 3. The van der Waals surface area contributed by atoms with Gasteiger partial charge in [0.05, 0.1) is 31.2 Å². The van der Waals surface area contributed by atoms with Crippen molar-refractivity contribution in [2.45, 2.75) is 49.3 Å². The van der Waals surface area contributed by atoms with E-state index in [2.05, 4.69) is 0 Å². The van der Waals surface area contributed by atoms with Crippen LogP contribution in [0.15, 0.2) is 12.1 Å². The van der Waals surface area contributed by atoms with Crippen molar-refractivity contribution in [1.82, 2.24) is 0 Å². The molecule has 1 saturated carbocycles. The largest absolute Gasteiger partial charge is 0.633 e. The van der Waals surface area contributed by atoms with Gasteiger partial charge in [-0.15, -0.1) is 0 Å². The Kier molecular flexibility index (Phi) is 2.26. The summed E-state index contributed by atoms with van der Waals surface area (Å²) in [6.07, 6.45) is 2.21. The molecule has 5 nitrogen and oxygen atoms in total. The average Bonchev–Trinajstić information content (AvgIpc) is 2.84. The first kappa shape index (κ1) is 13.2. The van der Waals surface area contributed by atoms with Crippen LogP contribution in [0.2, 0.25) is 0 Å². The van der Waals surface area contributed by atoms with Crippen molar-refractivity contribution in [2.24, 2.45) is 5.92 Å². The summed E-state index contributed by atoms with van der Waals surface area (Å²) in [5, 5.41) is 33.7. The number of aliphatic hydroxyl groups excluding tert-OH is 1. The van der Waals surface area contributed by atoms with E-state index in [0.717, 1.165) is 30.4 Å². The van der Waals surface area contributed by atoms with Gasteiger partial charge in [-0.25, -0.2) is 0 Å². The van der Waals surface area contributed by atoms with E-state index in [0.29, 0.717) is 18.7 Å². The summed E-state index contributed by atoms with van der Waals surface area (Å²) in [5.74, 6) is 0.971. The van der Waals surface area contributed by atoms with Crippen molar-refractivity contribution in [1.29, 1.82) is 0 Å². The van der Waals surface area contributed by atoms with Gasteiger partial charge in [0, 0.05) is 24.3 Å². The molecule has 1 saturated heterocycles. The van der Waals surface area contributed by atoms with Crippen molar-refractivity contribution in [2.75, 3.05) is 13.6 Å². The normalized spacial score (nSPS) is 47.8. The smallest absolute Gasteiger partial charge is 0.165 e. The highest BCUT2D eigenvalue weighted by atomic mass is 16.5. The van der Waals surface area contributed by atoms with Gasteiger partial charge >= 0.3 is 0 Å². The second kappa shape index (κ2) is 3.78. The first-order chi connectivity index (χ1) is 10.4. The maximum atomic E-state index is 13.0. The summed E-state index contributed by atoms with van der Waals surface area (Å²) in [6.45, 7) is 0.558. The number of piperidine rings is 1. The maximum Gasteiger partial charge on any atom is 0.165 e. The lowest BCUT2D eigenvalue weighted by Crippen LogP contribution is -2.70. The second-order valence-corrected chi connectivity index (χ2v) is 7.70. The number of likely N-dealkylation sites (N-methyl/N-ethyl adjacent to an activating group) is 1. The Labute approximate surface area is 129 Å². The zero-order valence-corrected chi connectivity index (χ0v) is 12.7. The molecule has 1 spiro atoms. The number of aromatic hydroxyl groups is 1. The lowest BCUT2D eigenvalue weighted by molar-refractivity contribution is -0.899. The fraction of sp³-hybridized carbons (Fsp3) is 0.647. The van der Waals surface area contributed by atoms with Crippen LogP contribution in [0.5, 0.6) is 11.5 Å². The SMILES string of the molecule is C[N+]1([O-])CC[C@]23c4c5ccc(O)c4OC2C(O)CCC3[C@H]1C5. The highest BCUT2D eigenvalue weighted by Crippen LogP contribution is 2.64. The average molecular weight is 303 g/mol. The topological polar surface area (TPSA) is 72.8 Å². The van der Waals surface area contributed by atoms with E-state index in [-0.39, 0.29) is 33.9 Å². The molecule has 4 aliphatic rings. The quantitative estimate of drug-likeness (QED) is 0.562. The lowest BCUT2D eigenvalue weighted by Gasteiger charge is -2.63. The predicted molar refractivity (Wildman–Crippen MR) is 79.5 cm³/mol. The Balaban J connectivity index is 1.81. The van der Waals surface area contributed by atoms with Crippen LogP contribution in [-0.2, 0) is 11.8 Å². The van der Waals surface area contributed by atoms with Crippen LogP contribution in [0.4, 0.5) is 0 Å². The lowest BCUT2D eigenvalue weighted by atomic mass is 9.51. The summed E-state index contributed by atoms with van der Waals surface area (Å²) in [4.78, 5) is 0. The third-order valence-corrected chi connectivity index (χ3v) is 6.79. The number of hydrogen-bond acceptors (Lipinski definition) is 4. The Morgan fingerprint density at radius 3 is 3.00 bits per heavy atom. The number of phenols is 1. The fourth-order valence-corrected chi connectivity index (χ4v) is 5.87. The number of ether oxygens (including phenoxy) is 1. The molecule has 1 aromatic carbocycles. The van der Waals surface area contributed by atoms with E-state index in [1.54, 1.807) is 13.1 Å². The molecule has 6 atom stereocenters. The summed E-state index contributed by atoms with van der Waals surface area (Å²) in [5.41, 5.74) is 1.95. The third-order valence-electron chi connectivity index (χ3n) is 6.79. The number of nitrogens with zero attached hydrogens (tertiary/aromatic N) is 1. The molecule has 0 radical (unpaired) electrons. The van der Waals surface area contributed by atoms with Crippen molar-refractivity contribution >= 4 is 0 Å². The van der Waals surface area contributed by atoms with Crippen LogP contribution in [0.3, 0.4) is 0 Å². The Hall–Kier alpha value is -1.30. The first-order valence-electron chi connectivity index (χ1n) is 8.21. The van der Waals surface area contributed by atoms with Gasteiger partial charge in [0.15, 0.2) is 11.5 Å². The van der Waals surface area contributed by atoms with Crippen LogP contribution in [0.25, 0.3) is 0 Å². The molecule has 1 aromatic rings. The van der Waals surface area contributed by atoms with Gasteiger partial charge in [0.25, 0.3) is 0 Å². The zero-order valence-electron chi connectivity index (χ0n) is 12.7. The van der Waals surface area contributed by atoms with Crippen molar-refractivity contribution in [3.63, 3.8) is 0 Å². The van der Waals surface area contributed by atoms with Crippen molar-refractivity contribution in [3.05, 3.63) is 28.5 Å². The van der Waals surface area contributed by atoms with Gasteiger partial charge < -0.3 is 24.8 Å². The molecule has 2 aliphatic heterocycles. The number of phenolic OH excluding ortho intramolecular Hbond substituents is 1. The molecule has 4 unspecified atom stereocenters. The molecule has 2 aliphatic carbocycles. The summed E-state index contributed by atoms with van der Waals surface area (Å²) < 4.78 is 5.89. The molecule has 2 N–H and O–H groups in total. The standard InChI is InChI=1S/C17H21NO4/c1-18(21)7-6-17-10-3-5-13(20)16(17)22-15-12(19)4-2-9(14(15)17)8-11(10)18/h2,4,10-11,13,16,19-20H,3,5-8H2,1H3/t10?,11-,13?,16?,17+,18?/m1/s1. The molecule has 2 heterocycles. The Bertz CT molecular complexity index is 673. The molecule has 118 valence electrons. The van der Waals surface area contributed by atoms with E-state index in [1.807, 2.05) is 6.07 Å². The van der Waals surface area contributed by atoms with Crippen molar-refractivity contribution < 1.29 is 19.6 Å². The predicted octanol–water partition coefficient (Wildman–Crippen LogP) is 1.43. The van der Waals surface area contributed by atoms with Gasteiger partial charge in [0.1, 0.15) is 6.10 Å². The summed E-state index contributed by atoms with van der Waals surface area (Å²) >= 11 is 0. The monoisotopic (exact) mass is 303 g/mol. The number of rotatable bonds is 0. The molecule has 2 fully saturated rings. The Morgan fingerprint density at radius 2 is 2.18 bits per heavy atom. The minimum Gasteiger partial charge on any atom is -0.633 e. The van der Waals surface area contributed by atoms with E-state index in [1.165, 1.54) is 0 Å². The highest BCUT2D eigenvalue weighted by Gasteiger charge is 2.67. The van der Waals surface area contributed by atoms with Crippen LogP contribution >= 0.6 is 0 Å². The maximum absolute atomic E-state index is 13.0. The van der Waals surface area contributed by atoms with Crippen molar-refractivity contribution in [3.8, 4) is 11.5 Å². The number of benzene rings is 1. The molecule has 5 heteroatoms. The van der Waals surface area contributed by atoms with E-state index in [9.17, 15) is 15.4 Å². The van der Waals surface area contributed by atoms with Crippen LogP contribution in [-0.4, -0.2) is 46.7 Å². The number of aliphatic hydroxyl groups is 1. The molecular formula is C17H21NO4. The first-order valence-corrected chi connectivity index (χ1v) is 8.21. The Morgan fingerprint density at radius 1 is 1.36 bits per heavy atom. The van der Waals surface area contributed by atoms with E-state index in [4.69, 9.17) is 4.74 Å². The van der Waals surface area contributed by atoms with Gasteiger partial charge in [-0.3, -0.25) is 0 Å². The molecule has 0 aromatic heterocycles. The minimum absolute atomic E-state index is 0.0374. The van der Waals surface area contributed by atoms with Gasteiger partial charge in [-0.05, 0) is 24.5 Å². The molecule has 5 rings (SSSR count). The van der Waals surface area contributed by atoms with Gasteiger partial charge in [-0.2, -0.15) is 0 Å². The second-order valence-electron chi connectivity index (χ2n) is 7.70.